The van der Waals surface area contributed by atoms with E-state index in [-0.39, 0.29) is 11.5 Å². The molecule has 0 atom stereocenters. The van der Waals surface area contributed by atoms with E-state index in [0.717, 1.165) is 17.0 Å². The summed E-state index contributed by atoms with van der Waals surface area (Å²) in [7, 11) is 0. The predicted octanol–water partition coefficient (Wildman–Crippen LogP) is 3.94. The van der Waals surface area contributed by atoms with Crippen molar-refractivity contribution in [2.24, 2.45) is 0 Å². The van der Waals surface area contributed by atoms with E-state index in [2.05, 4.69) is 10.4 Å². The Morgan fingerprint density at radius 1 is 1.12 bits per heavy atom. The summed E-state index contributed by atoms with van der Waals surface area (Å²) < 4.78 is 15.1. The highest BCUT2D eigenvalue weighted by Gasteiger charge is 2.15. The molecule has 0 bridgehead atoms. The summed E-state index contributed by atoms with van der Waals surface area (Å²) in [5, 5.41) is 7.34. The SMILES string of the molecule is Cc1nn(Cc2ccccc2)c(C)c1NC(=O)c1cccc(F)c1. The van der Waals surface area contributed by atoms with Crippen LogP contribution in [0, 0.1) is 19.7 Å². The monoisotopic (exact) mass is 323 g/mol. The second-order valence-electron chi connectivity index (χ2n) is 5.65. The lowest BCUT2D eigenvalue weighted by atomic mass is 10.2. The van der Waals surface area contributed by atoms with E-state index in [4.69, 9.17) is 0 Å². The van der Waals surface area contributed by atoms with Gasteiger partial charge < -0.3 is 5.32 Å². The number of aryl methyl sites for hydroxylation is 1. The highest BCUT2D eigenvalue weighted by molar-refractivity contribution is 6.04. The maximum absolute atomic E-state index is 13.3. The third-order valence-electron chi connectivity index (χ3n) is 3.88. The Kier molecular flexibility index (Phi) is 4.42. The fourth-order valence-electron chi connectivity index (χ4n) is 2.60. The summed E-state index contributed by atoms with van der Waals surface area (Å²) in [6.07, 6.45) is 0. The largest absolute Gasteiger partial charge is 0.319 e. The van der Waals surface area contributed by atoms with Gasteiger partial charge in [0.25, 0.3) is 5.91 Å². The van der Waals surface area contributed by atoms with Crippen molar-refractivity contribution in [3.8, 4) is 0 Å². The zero-order chi connectivity index (χ0) is 17.1. The number of hydrogen-bond donors (Lipinski definition) is 1. The first kappa shape index (κ1) is 15.9. The number of carbonyl (C=O) groups is 1. The van der Waals surface area contributed by atoms with Crippen molar-refractivity contribution in [3.63, 3.8) is 0 Å². The van der Waals surface area contributed by atoms with Crippen molar-refractivity contribution in [2.75, 3.05) is 5.32 Å². The first-order valence-electron chi connectivity index (χ1n) is 7.69. The van der Waals surface area contributed by atoms with E-state index < -0.39 is 5.82 Å². The number of carbonyl (C=O) groups excluding carboxylic acids is 1. The molecule has 1 amide bonds. The number of amides is 1. The summed E-state index contributed by atoms with van der Waals surface area (Å²) in [5.41, 5.74) is 3.67. The second kappa shape index (κ2) is 6.66. The minimum atomic E-state index is -0.434. The maximum atomic E-state index is 13.3. The first-order chi connectivity index (χ1) is 11.5. The lowest BCUT2D eigenvalue weighted by Crippen LogP contribution is -2.13. The Hall–Kier alpha value is -2.95. The number of aromatic nitrogens is 2. The first-order valence-corrected chi connectivity index (χ1v) is 7.69. The van der Waals surface area contributed by atoms with E-state index in [0.29, 0.717) is 12.2 Å². The second-order valence-corrected chi connectivity index (χ2v) is 5.65. The van der Waals surface area contributed by atoms with Crippen LogP contribution >= 0.6 is 0 Å². The lowest BCUT2D eigenvalue weighted by molar-refractivity contribution is 0.102. The average molecular weight is 323 g/mol. The third-order valence-corrected chi connectivity index (χ3v) is 3.88. The number of rotatable bonds is 4. The van der Waals surface area contributed by atoms with Crippen LogP contribution < -0.4 is 5.32 Å². The fourth-order valence-corrected chi connectivity index (χ4v) is 2.60. The Morgan fingerprint density at radius 3 is 2.58 bits per heavy atom. The highest BCUT2D eigenvalue weighted by Crippen LogP contribution is 2.21. The summed E-state index contributed by atoms with van der Waals surface area (Å²) in [6.45, 7) is 4.38. The summed E-state index contributed by atoms with van der Waals surface area (Å²) >= 11 is 0. The van der Waals surface area contributed by atoms with E-state index in [9.17, 15) is 9.18 Å². The number of nitrogens with zero attached hydrogens (tertiary/aromatic N) is 2. The molecule has 0 unspecified atom stereocenters. The van der Waals surface area contributed by atoms with Crippen LogP contribution in [0.4, 0.5) is 10.1 Å². The number of anilines is 1. The van der Waals surface area contributed by atoms with Crippen molar-refractivity contribution >= 4 is 11.6 Å². The van der Waals surface area contributed by atoms with Gasteiger partial charge in [-0.15, -0.1) is 0 Å². The van der Waals surface area contributed by atoms with Crippen LogP contribution in [-0.4, -0.2) is 15.7 Å². The Bertz CT molecular complexity index is 872. The van der Waals surface area contributed by atoms with E-state index in [1.165, 1.54) is 18.2 Å². The van der Waals surface area contributed by atoms with Crippen LogP contribution in [0.3, 0.4) is 0 Å². The van der Waals surface area contributed by atoms with Crippen molar-refractivity contribution < 1.29 is 9.18 Å². The van der Waals surface area contributed by atoms with Crippen LogP contribution in [-0.2, 0) is 6.54 Å². The molecule has 0 saturated carbocycles. The highest BCUT2D eigenvalue weighted by atomic mass is 19.1. The zero-order valence-corrected chi connectivity index (χ0v) is 13.6. The normalized spacial score (nSPS) is 10.6. The molecule has 0 aliphatic rings. The zero-order valence-electron chi connectivity index (χ0n) is 13.6. The molecule has 0 aliphatic carbocycles. The van der Waals surface area contributed by atoms with E-state index >= 15 is 0 Å². The Morgan fingerprint density at radius 2 is 1.88 bits per heavy atom. The molecule has 2 aromatic carbocycles. The molecule has 4 nitrogen and oxygen atoms in total. The lowest BCUT2D eigenvalue weighted by Gasteiger charge is -2.07. The summed E-state index contributed by atoms with van der Waals surface area (Å²) in [4.78, 5) is 12.3. The Labute approximate surface area is 139 Å². The molecule has 3 rings (SSSR count). The van der Waals surface area contributed by atoms with Gasteiger partial charge in [0, 0.05) is 5.56 Å². The van der Waals surface area contributed by atoms with Crippen molar-refractivity contribution in [3.05, 3.63) is 82.9 Å². The smallest absolute Gasteiger partial charge is 0.255 e. The van der Waals surface area contributed by atoms with Crippen LogP contribution in [0.2, 0.25) is 0 Å². The molecule has 0 spiro atoms. The fraction of sp³-hybridized carbons (Fsp3) is 0.158. The number of nitrogens with one attached hydrogen (secondary N) is 1. The summed E-state index contributed by atoms with van der Waals surface area (Å²) in [6, 6.07) is 15.6. The van der Waals surface area contributed by atoms with Crippen LogP contribution in [0.1, 0.15) is 27.3 Å². The topological polar surface area (TPSA) is 46.9 Å². The van der Waals surface area contributed by atoms with Gasteiger partial charge in [-0.1, -0.05) is 36.4 Å². The van der Waals surface area contributed by atoms with E-state index in [1.807, 2.05) is 48.9 Å². The molecule has 3 aromatic rings. The molecule has 0 fully saturated rings. The summed E-state index contributed by atoms with van der Waals surface area (Å²) in [5.74, 6) is -0.782. The van der Waals surface area contributed by atoms with Crippen molar-refractivity contribution in [1.82, 2.24) is 9.78 Å². The predicted molar refractivity (Wildman–Crippen MR) is 91.6 cm³/mol. The molecule has 24 heavy (non-hydrogen) atoms. The molecule has 1 aromatic heterocycles. The number of benzene rings is 2. The molecular formula is C19H18FN3O. The Balaban J connectivity index is 1.83. The van der Waals surface area contributed by atoms with Gasteiger partial charge >= 0.3 is 0 Å². The number of hydrogen-bond acceptors (Lipinski definition) is 2. The molecule has 0 saturated heterocycles. The molecule has 0 aliphatic heterocycles. The van der Waals surface area contributed by atoms with Crippen molar-refractivity contribution in [1.29, 1.82) is 0 Å². The standard InChI is InChI=1S/C19H18FN3O/c1-13-18(21-19(24)16-9-6-10-17(20)11-16)14(2)23(22-13)12-15-7-4-3-5-8-15/h3-11H,12H2,1-2H3,(H,21,24). The minimum Gasteiger partial charge on any atom is -0.319 e. The van der Waals surface area contributed by atoms with Gasteiger partial charge in [-0.3, -0.25) is 9.48 Å². The van der Waals surface area contributed by atoms with Crippen LogP contribution in [0.25, 0.3) is 0 Å². The minimum absolute atomic E-state index is 0.282. The van der Waals surface area contributed by atoms with Gasteiger partial charge in [-0.2, -0.15) is 5.10 Å². The quantitative estimate of drug-likeness (QED) is 0.790. The van der Waals surface area contributed by atoms with Gasteiger partial charge in [0.2, 0.25) is 0 Å². The van der Waals surface area contributed by atoms with Crippen molar-refractivity contribution in [2.45, 2.75) is 20.4 Å². The van der Waals surface area contributed by atoms with E-state index in [1.54, 1.807) is 6.07 Å². The average Bonchev–Trinajstić information content (AvgIpc) is 2.83. The molecule has 5 heteroatoms. The number of halogens is 1. The van der Waals surface area contributed by atoms with Gasteiger partial charge in [-0.05, 0) is 37.6 Å². The molecule has 0 radical (unpaired) electrons. The van der Waals surface area contributed by atoms with Gasteiger partial charge in [0.1, 0.15) is 5.82 Å². The molecule has 122 valence electrons. The molecule has 1 heterocycles. The van der Waals surface area contributed by atoms with Gasteiger partial charge in [-0.25, -0.2) is 4.39 Å². The maximum Gasteiger partial charge on any atom is 0.255 e. The molecular weight excluding hydrogens is 305 g/mol. The van der Waals surface area contributed by atoms with Crippen LogP contribution in [0.15, 0.2) is 54.6 Å². The van der Waals surface area contributed by atoms with Gasteiger partial charge in [0.15, 0.2) is 0 Å². The third kappa shape index (κ3) is 3.35. The van der Waals surface area contributed by atoms with Gasteiger partial charge in [0.05, 0.1) is 23.6 Å². The molecule has 1 N–H and O–H groups in total. The van der Waals surface area contributed by atoms with Crippen LogP contribution in [0.5, 0.6) is 0 Å².